The molecule has 1 heterocycles. The average molecular weight is 868 g/mol. The van der Waals surface area contributed by atoms with Crippen LogP contribution in [0.4, 0.5) is 0 Å². The van der Waals surface area contributed by atoms with Gasteiger partial charge < -0.3 is 39.5 Å². The Morgan fingerprint density at radius 1 is 0.887 bits per heavy atom. The number of nitrogens with zero attached hydrogens (tertiary/aromatic N) is 3. The van der Waals surface area contributed by atoms with Gasteiger partial charge in [0.1, 0.15) is 24.1 Å². The second-order valence-corrected chi connectivity index (χ2v) is 17.9. The number of methoxy groups -OCH3 is 3. The van der Waals surface area contributed by atoms with Crippen LogP contribution in [0.3, 0.4) is 0 Å². The molecule has 0 aliphatic carbocycles. The quantitative estimate of drug-likeness (QED) is 0.0811. The van der Waals surface area contributed by atoms with E-state index in [0.29, 0.717) is 38.8 Å². The summed E-state index contributed by atoms with van der Waals surface area (Å²) in [6.45, 7) is 14.8. The minimum atomic E-state index is -1.15. The molecule has 348 valence electrons. The van der Waals surface area contributed by atoms with Crippen molar-refractivity contribution in [2.45, 2.75) is 136 Å². The van der Waals surface area contributed by atoms with Crippen molar-refractivity contribution in [1.29, 1.82) is 0 Å². The molecule has 1 aliphatic rings. The monoisotopic (exact) mass is 868 g/mol. The number of rotatable bonds is 25. The van der Waals surface area contributed by atoms with Gasteiger partial charge in [-0.05, 0) is 73.7 Å². The number of aromatic hydroxyl groups is 1. The predicted molar refractivity (Wildman–Crippen MR) is 241 cm³/mol. The van der Waals surface area contributed by atoms with Crippen LogP contribution in [0, 0.1) is 23.7 Å². The zero-order valence-corrected chi connectivity index (χ0v) is 39.4. The molecule has 1 aliphatic heterocycles. The SMILES string of the molecule is CC[C@H](C)C([C@@H](CC(=O)N1CCC[C@H]1[C@H](OC)[C@@H](C)C(O)N[C@@H](Cc1ccccc1)C(=O)OC)OC)N(C)C(=O)[C@@H](NC(=O)[C@H](C(C)C)N(C)CCc1ccc(O)cc1)C(C)C. The lowest BCUT2D eigenvalue weighted by Crippen LogP contribution is -2.60. The average Bonchev–Trinajstić information content (AvgIpc) is 3.74. The van der Waals surface area contributed by atoms with Gasteiger partial charge in [-0.15, -0.1) is 0 Å². The predicted octanol–water partition coefficient (Wildman–Crippen LogP) is 4.64. The van der Waals surface area contributed by atoms with Gasteiger partial charge in [-0.2, -0.15) is 0 Å². The van der Waals surface area contributed by atoms with Gasteiger partial charge in [-0.3, -0.25) is 29.4 Å². The zero-order valence-electron chi connectivity index (χ0n) is 39.4. The third-order valence-electron chi connectivity index (χ3n) is 12.8. The summed E-state index contributed by atoms with van der Waals surface area (Å²) < 4.78 is 17.2. The first-order valence-corrected chi connectivity index (χ1v) is 22.4. The number of carbonyl (C=O) groups excluding carboxylic acids is 4. The van der Waals surface area contributed by atoms with Crippen LogP contribution in [0.1, 0.15) is 85.3 Å². The van der Waals surface area contributed by atoms with Gasteiger partial charge in [0.25, 0.3) is 0 Å². The second-order valence-electron chi connectivity index (χ2n) is 17.9. The van der Waals surface area contributed by atoms with Crippen LogP contribution >= 0.6 is 0 Å². The van der Waals surface area contributed by atoms with E-state index in [1.54, 1.807) is 38.3 Å². The summed E-state index contributed by atoms with van der Waals surface area (Å²) in [4.78, 5) is 61.2. The Labute approximate surface area is 371 Å². The van der Waals surface area contributed by atoms with E-state index in [0.717, 1.165) is 17.5 Å². The lowest BCUT2D eigenvalue weighted by molar-refractivity contribution is -0.148. The number of esters is 1. The Hall–Kier alpha value is -4.08. The van der Waals surface area contributed by atoms with E-state index in [2.05, 4.69) is 10.6 Å². The highest BCUT2D eigenvalue weighted by Gasteiger charge is 2.43. The normalized spacial score (nSPS) is 18.7. The van der Waals surface area contributed by atoms with E-state index >= 15 is 0 Å². The number of amides is 3. The third-order valence-corrected chi connectivity index (χ3v) is 12.8. The summed E-state index contributed by atoms with van der Waals surface area (Å²) in [7, 11) is 8.09. The van der Waals surface area contributed by atoms with Crippen LogP contribution in [-0.4, -0.2) is 146 Å². The zero-order chi connectivity index (χ0) is 46.3. The number of likely N-dealkylation sites (tertiary alicyclic amines) is 1. The minimum Gasteiger partial charge on any atom is -0.508 e. The van der Waals surface area contributed by atoms with Crippen LogP contribution < -0.4 is 10.6 Å². The van der Waals surface area contributed by atoms with Crippen molar-refractivity contribution in [3.8, 4) is 5.75 Å². The maximum Gasteiger partial charge on any atom is 0.323 e. The lowest BCUT2D eigenvalue weighted by Gasteiger charge is -2.41. The van der Waals surface area contributed by atoms with E-state index in [4.69, 9.17) is 14.2 Å². The maximum atomic E-state index is 14.6. The molecule has 14 nitrogen and oxygen atoms in total. The van der Waals surface area contributed by atoms with Gasteiger partial charge >= 0.3 is 5.97 Å². The molecule has 0 aromatic heterocycles. The number of ether oxygens (including phenoxy) is 3. The summed E-state index contributed by atoms with van der Waals surface area (Å²) >= 11 is 0. The maximum absolute atomic E-state index is 14.6. The van der Waals surface area contributed by atoms with Crippen molar-refractivity contribution in [2.24, 2.45) is 23.7 Å². The van der Waals surface area contributed by atoms with Gasteiger partial charge in [-0.1, -0.05) is 97.4 Å². The van der Waals surface area contributed by atoms with Gasteiger partial charge in [0, 0.05) is 40.3 Å². The van der Waals surface area contributed by atoms with Gasteiger partial charge in [-0.25, -0.2) is 0 Å². The molecular formula is C48H77N5O9. The summed E-state index contributed by atoms with van der Waals surface area (Å²) in [5.74, 6) is -1.77. The highest BCUT2D eigenvalue weighted by Crippen LogP contribution is 2.30. The summed E-state index contributed by atoms with van der Waals surface area (Å²) in [6.07, 6.45) is 0.763. The van der Waals surface area contributed by atoms with Crippen LogP contribution in [0.25, 0.3) is 0 Å². The third kappa shape index (κ3) is 14.2. The van der Waals surface area contributed by atoms with E-state index in [1.165, 1.54) is 7.11 Å². The molecule has 2 unspecified atom stereocenters. The summed E-state index contributed by atoms with van der Waals surface area (Å²) in [6, 6.07) is 13.6. The Kier molecular flexibility index (Phi) is 21.3. The minimum absolute atomic E-state index is 0.00664. The molecule has 14 heteroatoms. The molecule has 10 atom stereocenters. The number of hydrogen-bond donors (Lipinski definition) is 4. The van der Waals surface area contributed by atoms with Crippen molar-refractivity contribution in [1.82, 2.24) is 25.3 Å². The van der Waals surface area contributed by atoms with E-state index in [9.17, 15) is 29.4 Å². The topological polar surface area (TPSA) is 170 Å². The summed E-state index contributed by atoms with van der Waals surface area (Å²) in [5, 5.41) is 27.3. The number of benzene rings is 2. The van der Waals surface area contributed by atoms with Gasteiger partial charge in [0.2, 0.25) is 17.7 Å². The van der Waals surface area contributed by atoms with E-state index in [-0.39, 0.29) is 53.7 Å². The number of hydrogen-bond acceptors (Lipinski definition) is 11. The Morgan fingerprint density at radius 2 is 1.53 bits per heavy atom. The number of aliphatic hydroxyl groups excluding tert-OH is 1. The van der Waals surface area contributed by atoms with Gasteiger partial charge in [0.05, 0.1) is 43.9 Å². The Morgan fingerprint density at radius 3 is 2.08 bits per heavy atom. The molecule has 2 aromatic rings. The smallest absolute Gasteiger partial charge is 0.323 e. The summed E-state index contributed by atoms with van der Waals surface area (Å²) in [5.41, 5.74) is 1.95. The van der Waals surface area contributed by atoms with Crippen molar-refractivity contribution < 1.29 is 43.6 Å². The molecule has 1 saturated heterocycles. The van der Waals surface area contributed by atoms with E-state index in [1.807, 2.05) is 108 Å². The fourth-order valence-corrected chi connectivity index (χ4v) is 9.02. The molecular weight excluding hydrogens is 791 g/mol. The number of phenolic OH excluding ortho intramolecular Hbond substituents is 1. The van der Waals surface area contributed by atoms with Crippen molar-refractivity contribution in [3.63, 3.8) is 0 Å². The number of carbonyl (C=O) groups is 4. The van der Waals surface area contributed by atoms with Crippen LogP contribution in [0.5, 0.6) is 5.75 Å². The lowest BCUT2D eigenvalue weighted by atomic mass is 9.89. The Bertz CT molecular complexity index is 1680. The van der Waals surface area contributed by atoms with Gasteiger partial charge in [0.15, 0.2) is 0 Å². The molecule has 3 amide bonds. The molecule has 0 saturated carbocycles. The standard InChI is InChI=1S/C48H77N5O9/c1-13-32(6)43(52(9)47(58)41(30(2)3)50-46(57)42(31(4)5)51(8)27-25-34-21-23-36(54)24-22-34)39(60-10)29-40(55)53-26-17-20-38(53)44(61-11)33(7)45(56)49-37(48(59)62-12)28-35-18-15-14-16-19-35/h14-16,18-19,21-24,30-33,37-39,41-45,49,54,56H,13,17,20,25-29H2,1-12H3,(H,50,57)/t32-,33+,37-,38-,39+,41-,42-,43?,44+,45?/m0/s1. The number of likely N-dealkylation sites (N-methyl/N-ethyl adjacent to an activating group) is 2. The molecule has 0 bridgehead atoms. The van der Waals surface area contributed by atoms with Crippen molar-refractivity contribution >= 4 is 23.7 Å². The molecule has 4 N–H and O–H groups in total. The molecule has 0 radical (unpaired) electrons. The fourth-order valence-electron chi connectivity index (χ4n) is 9.02. The first kappa shape index (κ1) is 52.3. The fraction of sp³-hybridized carbons (Fsp3) is 0.667. The molecule has 0 spiro atoms. The molecule has 2 aromatic carbocycles. The van der Waals surface area contributed by atoms with Crippen LogP contribution in [0.15, 0.2) is 54.6 Å². The highest BCUT2D eigenvalue weighted by atomic mass is 16.5. The van der Waals surface area contributed by atoms with Crippen molar-refractivity contribution in [2.75, 3.05) is 48.5 Å². The Balaban J connectivity index is 1.77. The number of aliphatic hydroxyl groups is 1. The van der Waals surface area contributed by atoms with Crippen molar-refractivity contribution in [3.05, 3.63) is 65.7 Å². The number of phenols is 1. The molecule has 1 fully saturated rings. The van der Waals surface area contributed by atoms with Crippen LogP contribution in [-0.2, 0) is 46.2 Å². The second kappa shape index (κ2) is 25.3. The largest absolute Gasteiger partial charge is 0.508 e. The molecule has 62 heavy (non-hydrogen) atoms. The van der Waals surface area contributed by atoms with Crippen LogP contribution in [0.2, 0.25) is 0 Å². The van der Waals surface area contributed by atoms with E-state index < -0.39 is 54.5 Å². The molecule has 3 rings (SSSR count). The highest BCUT2D eigenvalue weighted by molar-refractivity contribution is 5.90. The number of nitrogens with one attached hydrogen (secondary N) is 2. The first-order valence-electron chi connectivity index (χ1n) is 22.4. The first-order chi connectivity index (χ1) is 29.4.